The van der Waals surface area contributed by atoms with Crippen LogP contribution < -0.4 is 0 Å². The molecule has 0 unspecified atom stereocenters. The van der Waals surface area contributed by atoms with E-state index in [0.717, 1.165) is 12.8 Å². The molecule has 2 heteroatoms. The number of alkyl halides is 1. The molecule has 1 aliphatic rings. The van der Waals surface area contributed by atoms with Crippen molar-refractivity contribution in [2.45, 2.75) is 24.6 Å². The first-order chi connectivity index (χ1) is 3.64. The summed E-state index contributed by atoms with van der Waals surface area (Å²) in [6.07, 6.45) is 1.73. The Kier molecular flexibility index (Phi) is 1.21. The van der Waals surface area contributed by atoms with Gasteiger partial charge in [0, 0.05) is 10.8 Å². The minimum Gasteiger partial charge on any atom is -0.198 e. The van der Waals surface area contributed by atoms with Crippen molar-refractivity contribution in [3.05, 3.63) is 0 Å². The Balaban J connectivity index is 2.34. The summed E-state index contributed by atoms with van der Waals surface area (Å²) < 4.78 is 0. The molecular weight excluding hydrogens is 122 g/mol. The summed E-state index contributed by atoms with van der Waals surface area (Å²) >= 11 is 5.83. The van der Waals surface area contributed by atoms with Crippen molar-refractivity contribution < 1.29 is 0 Å². The van der Waals surface area contributed by atoms with E-state index in [2.05, 4.69) is 6.07 Å². The largest absolute Gasteiger partial charge is 0.198 e. The molecule has 0 bridgehead atoms. The molecule has 0 N–H and O–H groups in total. The lowest BCUT2D eigenvalue weighted by molar-refractivity contribution is 0.301. The molecule has 0 radical (unpaired) electrons. The SMILES string of the molecule is CC1(Cl)CC(C#N)C1. The first kappa shape index (κ1) is 5.91. The highest BCUT2D eigenvalue weighted by Crippen LogP contribution is 2.42. The standard InChI is InChI=1S/C6H8ClN/c1-6(7)2-5(3-6)4-8/h5H,2-3H2,1H3. The Labute approximate surface area is 54.3 Å². The number of rotatable bonds is 0. The lowest BCUT2D eigenvalue weighted by Crippen LogP contribution is -2.34. The van der Waals surface area contributed by atoms with Crippen LogP contribution in [0.3, 0.4) is 0 Å². The van der Waals surface area contributed by atoms with Crippen molar-refractivity contribution in [1.29, 1.82) is 5.26 Å². The van der Waals surface area contributed by atoms with Crippen LogP contribution in [0.15, 0.2) is 0 Å². The highest BCUT2D eigenvalue weighted by Gasteiger charge is 2.38. The normalized spacial score (nSPS) is 44.9. The predicted octanol–water partition coefficient (Wildman–Crippen LogP) is 1.92. The minimum atomic E-state index is -0.0552. The third kappa shape index (κ3) is 0.952. The highest BCUT2D eigenvalue weighted by molar-refractivity contribution is 6.24. The fourth-order valence-electron chi connectivity index (χ4n) is 1.06. The summed E-state index contributed by atoms with van der Waals surface area (Å²) in [4.78, 5) is -0.0552. The number of hydrogen-bond donors (Lipinski definition) is 0. The van der Waals surface area contributed by atoms with E-state index in [1.165, 1.54) is 0 Å². The van der Waals surface area contributed by atoms with Gasteiger partial charge >= 0.3 is 0 Å². The Morgan fingerprint density at radius 1 is 1.75 bits per heavy atom. The molecule has 0 aromatic rings. The van der Waals surface area contributed by atoms with E-state index in [-0.39, 0.29) is 10.8 Å². The molecule has 0 spiro atoms. The second kappa shape index (κ2) is 1.63. The fourth-order valence-corrected chi connectivity index (χ4v) is 1.43. The van der Waals surface area contributed by atoms with Crippen molar-refractivity contribution in [2.75, 3.05) is 0 Å². The first-order valence-corrected chi connectivity index (χ1v) is 3.10. The Morgan fingerprint density at radius 2 is 2.25 bits per heavy atom. The first-order valence-electron chi connectivity index (χ1n) is 2.72. The van der Waals surface area contributed by atoms with Crippen molar-refractivity contribution in [3.63, 3.8) is 0 Å². The minimum absolute atomic E-state index is 0.0552. The van der Waals surface area contributed by atoms with Crippen LogP contribution in [-0.2, 0) is 0 Å². The Hall–Kier alpha value is -0.220. The van der Waals surface area contributed by atoms with Gasteiger partial charge in [0.25, 0.3) is 0 Å². The maximum atomic E-state index is 8.31. The van der Waals surface area contributed by atoms with Gasteiger partial charge in [-0.15, -0.1) is 11.6 Å². The summed E-state index contributed by atoms with van der Waals surface area (Å²) in [5.41, 5.74) is 0. The fraction of sp³-hybridized carbons (Fsp3) is 0.833. The highest BCUT2D eigenvalue weighted by atomic mass is 35.5. The zero-order valence-corrected chi connectivity index (χ0v) is 5.57. The van der Waals surface area contributed by atoms with Gasteiger partial charge in [0.15, 0.2) is 0 Å². The van der Waals surface area contributed by atoms with Gasteiger partial charge in [-0.2, -0.15) is 5.26 Å². The second-order valence-electron chi connectivity index (χ2n) is 2.65. The Bertz CT molecular complexity index is 126. The average Bonchev–Trinajstić information content (AvgIpc) is 1.60. The molecule has 0 heterocycles. The van der Waals surface area contributed by atoms with Crippen LogP contribution in [0, 0.1) is 17.2 Å². The quantitative estimate of drug-likeness (QED) is 0.459. The van der Waals surface area contributed by atoms with E-state index in [1.807, 2.05) is 6.92 Å². The number of halogens is 1. The van der Waals surface area contributed by atoms with Gasteiger partial charge < -0.3 is 0 Å². The van der Waals surface area contributed by atoms with Crippen LogP contribution in [-0.4, -0.2) is 4.87 Å². The predicted molar refractivity (Wildman–Crippen MR) is 32.6 cm³/mol. The molecule has 0 amide bonds. The van der Waals surface area contributed by atoms with Gasteiger partial charge in [-0.1, -0.05) is 0 Å². The lowest BCUT2D eigenvalue weighted by atomic mass is 9.76. The summed E-state index contributed by atoms with van der Waals surface area (Å²) in [6.45, 7) is 1.97. The summed E-state index contributed by atoms with van der Waals surface area (Å²) in [5, 5.41) is 8.31. The third-order valence-corrected chi connectivity index (χ3v) is 1.84. The van der Waals surface area contributed by atoms with E-state index in [4.69, 9.17) is 16.9 Å². The van der Waals surface area contributed by atoms with Gasteiger partial charge in [0.05, 0.1) is 6.07 Å². The third-order valence-electron chi connectivity index (χ3n) is 1.53. The monoisotopic (exact) mass is 129 g/mol. The average molecular weight is 130 g/mol. The zero-order valence-electron chi connectivity index (χ0n) is 4.82. The van der Waals surface area contributed by atoms with E-state index in [9.17, 15) is 0 Å². The topological polar surface area (TPSA) is 23.8 Å². The number of nitriles is 1. The molecule has 0 saturated heterocycles. The van der Waals surface area contributed by atoms with Gasteiger partial charge in [-0.3, -0.25) is 0 Å². The number of nitrogens with zero attached hydrogens (tertiary/aromatic N) is 1. The maximum Gasteiger partial charge on any atom is 0.0657 e. The molecule has 1 fully saturated rings. The Morgan fingerprint density at radius 3 is 2.38 bits per heavy atom. The second-order valence-corrected chi connectivity index (χ2v) is 3.56. The molecular formula is C6H8ClN. The van der Waals surface area contributed by atoms with Crippen molar-refractivity contribution in [2.24, 2.45) is 5.92 Å². The van der Waals surface area contributed by atoms with E-state index in [0.29, 0.717) is 0 Å². The van der Waals surface area contributed by atoms with Crippen LogP contribution in [0.4, 0.5) is 0 Å². The van der Waals surface area contributed by atoms with Gasteiger partial charge in [-0.05, 0) is 19.8 Å². The van der Waals surface area contributed by atoms with E-state index < -0.39 is 0 Å². The van der Waals surface area contributed by atoms with Crippen LogP contribution in [0.25, 0.3) is 0 Å². The van der Waals surface area contributed by atoms with Gasteiger partial charge in [-0.25, -0.2) is 0 Å². The van der Waals surface area contributed by atoms with E-state index in [1.54, 1.807) is 0 Å². The van der Waals surface area contributed by atoms with Gasteiger partial charge in [0.2, 0.25) is 0 Å². The number of hydrogen-bond acceptors (Lipinski definition) is 1. The van der Waals surface area contributed by atoms with Crippen LogP contribution >= 0.6 is 11.6 Å². The molecule has 1 saturated carbocycles. The van der Waals surface area contributed by atoms with Crippen molar-refractivity contribution in [1.82, 2.24) is 0 Å². The molecule has 8 heavy (non-hydrogen) atoms. The van der Waals surface area contributed by atoms with E-state index >= 15 is 0 Å². The summed E-state index contributed by atoms with van der Waals surface area (Å²) in [6, 6.07) is 2.17. The molecule has 0 atom stereocenters. The molecule has 44 valence electrons. The molecule has 1 rings (SSSR count). The van der Waals surface area contributed by atoms with Crippen molar-refractivity contribution >= 4 is 11.6 Å². The van der Waals surface area contributed by atoms with Crippen LogP contribution in [0.1, 0.15) is 19.8 Å². The molecule has 1 aliphatic carbocycles. The van der Waals surface area contributed by atoms with Gasteiger partial charge in [0.1, 0.15) is 0 Å². The van der Waals surface area contributed by atoms with Crippen LogP contribution in [0.5, 0.6) is 0 Å². The van der Waals surface area contributed by atoms with Crippen molar-refractivity contribution in [3.8, 4) is 6.07 Å². The maximum absolute atomic E-state index is 8.31. The summed E-state index contributed by atoms with van der Waals surface area (Å²) in [5.74, 6) is 0.234. The van der Waals surface area contributed by atoms with Crippen LogP contribution in [0.2, 0.25) is 0 Å². The zero-order chi connectivity index (χ0) is 6.20. The smallest absolute Gasteiger partial charge is 0.0657 e. The lowest BCUT2D eigenvalue weighted by Gasteiger charge is -2.35. The summed E-state index contributed by atoms with van der Waals surface area (Å²) in [7, 11) is 0. The molecule has 0 aliphatic heterocycles. The molecule has 0 aromatic heterocycles. The molecule has 0 aromatic carbocycles. The molecule has 1 nitrogen and oxygen atoms in total.